The predicted molar refractivity (Wildman–Crippen MR) is 130 cm³/mol. The highest BCUT2D eigenvalue weighted by molar-refractivity contribution is 6.16. The number of rotatable bonds is 6. The Labute approximate surface area is 193 Å². The minimum absolute atomic E-state index is 0.0830. The van der Waals surface area contributed by atoms with Crippen molar-refractivity contribution >= 4 is 29.3 Å². The Balaban J connectivity index is 1.80. The van der Waals surface area contributed by atoms with Crippen LogP contribution in [0, 0.1) is 0 Å². The van der Waals surface area contributed by atoms with Gasteiger partial charge < -0.3 is 9.47 Å². The van der Waals surface area contributed by atoms with Crippen LogP contribution < -0.4 is 19.3 Å². The van der Waals surface area contributed by atoms with Crippen molar-refractivity contribution in [3.05, 3.63) is 90.0 Å². The first-order valence-electron chi connectivity index (χ1n) is 10.7. The van der Waals surface area contributed by atoms with Crippen molar-refractivity contribution in [2.75, 3.05) is 30.6 Å². The van der Waals surface area contributed by atoms with E-state index in [0.717, 1.165) is 11.1 Å². The number of piperazine rings is 1. The van der Waals surface area contributed by atoms with Crippen molar-refractivity contribution < 1.29 is 19.1 Å². The van der Waals surface area contributed by atoms with Crippen LogP contribution in [0.1, 0.15) is 12.5 Å². The number of methoxy groups -OCH3 is 2. The second-order valence-corrected chi connectivity index (χ2v) is 7.76. The summed E-state index contributed by atoms with van der Waals surface area (Å²) in [4.78, 5) is 30.4. The number of anilines is 2. The molecule has 3 aromatic rings. The van der Waals surface area contributed by atoms with E-state index in [1.54, 1.807) is 55.5 Å². The van der Waals surface area contributed by atoms with Crippen LogP contribution in [0.15, 0.2) is 84.4 Å². The maximum Gasteiger partial charge on any atom is 0.255 e. The lowest BCUT2D eigenvalue weighted by Gasteiger charge is -2.41. The summed E-state index contributed by atoms with van der Waals surface area (Å²) in [6.45, 7) is 1.80. The van der Waals surface area contributed by atoms with E-state index in [1.807, 2.05) is 55.5 Å². The number of ether oxygens (including phenoxy) is 2. The average Bonchev–Trinajstić information content (AvgIpc) is 2.85. The van der Waals surface area contributed by atoms with E-state index in [4.69, 9.17) is 9.47 Å². The fourth-order valence-electron chi connectivity index (χ4n) is 4.07. The molecule has 6 heteroatoms. The van der Waals surface area contributed by atoms with Crippen LogP contribution in [-0.2, 0) is 9.59 Å². The largest absolute Gasteiger partial charge is 0.497 e. The van der Waals surface area contributed by atoms with Gasteiger partial charge in [0.15, 0.2) is 0 Å². The van der Waals surface area contributed by atoms with Gasteiger partial charge >= 0.3 is 0 Å². The Kier molecular flexibility index (Phi) is 6.45. The molecule has 1 saturated heterocycles. The van der Waals surface area contributed by atoms with Crippen LogP contribution in [0.3, 0.4) is 0 Å². The van der Waals surface area contributed by atoms with E-state index in [2.05, 4.69) is 0 Å². The third-order valence-electron chi connectivity index (χ3n) is 5.67. The van der Waals surface area contributed by atoms with Gasteiger partial charge in [0, 0.05) is 5.69 Å². The maximum atomic E-state index is 13.9. The molecule has 0 spiro atoms. The fraction of sp³-hybridized carbons (Fsp3) is 0.185. The molecule has 0 saturated carbocycles. The van der Waals surface area contributed by atoms with Crippen molar-refractivity contribution in [3.63, 3.8) is 0 Å². The van der Waals surface area contributed by atoms with Gasteiger partial charge in [0.05, 0.1) is 19.9 Å². The Morgan fingerprint density at radius 3 is 2.21 bits per heavy atom. The Hall–Kier alpha value is -4.06. The molecule has 1 fully saturated rings. The minimum atomic E-state index is -0.801. The van der Waals surface area contributed by atoms with E-state index in [1.165, 1.54) is 4.90 Å². The lowest BCUT2D eigenvalue weighted by atomic mass is 9.98. The van der Waals surface area contributed by atoms with Crippen molar-refractivity contribution in [2.24, 2.45) is 0 Å². The van der Waals surface area contributed by atoms with Crippen LogP contribution in [0.5, 0.6) is 11.5 Å². The summed E-state index contributed by atoms with van der Waals surface area (Å²) in [5.41, 5.74) is 2.93. The zero-order valence-corrected chi connectivity index (χ0v) is 18.9. The van der Waals surface area contributed by atoms with Crippen LogP contribution in [-0.4, -0.2) is 38.6 Å². The predicted octanol–water partition coefficient (Wildman–Crippen LogP) is 4.56. The standard InChI is InChI=1S/C27H26N2O4/c1-19(17-20-9-5-4-6-10-20)26-27(31)28(23-11-7-8-12-24(23)33-3)18-25(30)29(26)21-13-15-22(32-2)16-14-21/h4-17,26H,18H2,1-3H3/b19-17+/t26-/m0/s1. The van der Waals surface area contributed by atoms with E-state index in [0.29, 0.717) is 22.9 Å². The molecule has 33 heavy (non-hydrogen) atoms. The molecule has 2 amide bonds. The monoisotopic (exact) mass is 442 g/mol. The second kappa shape index (κ2) is 9.61. The van der Waals surface area contributed by atoms with Crippen LogP contribution in [0.25, 0.3) is 6.08 Å². The zero-order chi connectivity index (χ0) is 23.4. The molecule has 1 heterocycles. The van der Waals surface area contributed by atoms with Gasteiger partial charge in [0.2, 0.25) is 5.91 Å². The molecular formula is C27H26N2O4. The van der Waals surface area contributed by atoms with E-state index < -0.39 is 6.04 Å². The second-order valence-electron chi connectivity index (χ2n) is 7.76. The summed E-state index contributed by atoms with van der Waals surface area (Å²) in [5, 5.41) is 0. The van der Waals surface area contributed by atoms with Gasteiger partial charge in [-0.25, -0.2) is 0 Å². The topological polar surface area (TPSA) is 59.1 Å². The van der Waals surface area contributed by atoms with E-state index >= 15 is 0 Å². The van der Waals surface area contributed by atoms with Gasteiger partial charge in [0.25, 0.3) is 5.91 Å². The van der Waals surface area contributed by atoms with Crippen molar-refractivity contribution in [3.8, 4) is 11.5 Å². The Morgan fingerprint density at radius 2 is 1.55 bits per heavy atom. The average molecular weight is 443 g/mol. The van der Waals surface area contributed by atoms with Crippen LogP contribution in [0.2, 0.25) is 0 Å². The van der Waals surface area contributed by atoms with Crippen molar-refractivity contribution in [1.29, 1.82) is 0 Å². The first kappa shape index (κ1) is 22.1. The number of hydrogen-bond donors (Lipinski definition) is 0. The van der Waals surface area contributed by atoms with Gasteiger partial charge in [-0.05, 0) is 54.5 Å². The molecule has 6 nitrogen and oxygen atoms in total. The van der Waals surface area contributed by atoms with Gasteiger partial charge in [-0.15, -0.1) is 0 Å². The highest BCUT2D eigenvalue weighted by Gasteiger charge is 2.42. The smallest absolute Gasteiger partial charge is 0.255 e. The van der Waals surface area contributed by atoms with Gasteiger partial charge in [-0.2, -0.15) is 0 Å². The van der Waals surface area contributed by atoms with Gasteiger partial charge in [0.1, 0.15) is 24.1 Å². The molecule has 0 unspecified atom stereocenters. The molecule has 0 bridgehead atoms. The molecule has 4 rings (SSSR count). The first-order chi connectivity index (χ1) is 16.0. The van der Waals surface area contributed by atoms with E-state index in [-0.39, 0.29) is 18.4 Å². The molecule has 0 N–H and O–H groups in total. The summed E-state index contributed by atoms with van der Waals surface area (Å²) in [5.74, 6) is 0.842. The minimum Gasteiger partial charge on any atom is -0.497 e. The third kappa shape index (κ3) is 4.46. The molecule has 0 aliphatic carbocycles. The Morgan fingerprint density at radius 1 is 0.879 bits per heavy atom. The Bertz CT molecular complexity index is 1170. The van der Waals surface area contributed by atoms with Crippen LogP contribution >= 0.6 is 0 Å². The number of nitrogens with zero attached hydrogens (tertiary/aromatic N) is 2. The number of carbonyl (C=O) groups is 2. The first-order valence-corrected chi connectivity index (χ1v) is 10.7. The molecular weight excluding hydrogens is 416 g/mol. The third-order valence-corrected chi connectivity index (χ3v) is 5.67. The molecule has 1 aliphatic heterocycles. The molecule has 1 aliphatic rings. The normalized spacial score (nSPS) is 16.7. The summed E-state index contributed by atoms with van der Waals surface area (Å²) in [6, 6.07) is 23.3. The van der Waals surface area contributed by atoms with Crippen LogP contribution in [0.4, 0.5) is 11.4 Å². The number of hydrogen-bond acceptors (Lipinski definition) is 4. The molecule has 3 aromatic carbocycles. The number of carbonyl (C=O) groups excluding carboxylic acids is 2. The van der Waals surface area contributed by atoms with Crippen molar-refractivity contribution in [1.82, 2.24) is 0 Å². The fourth-order valence-corrected chi connectivity index (χ4v) is 4.07. The maximum absolute atomic E-state index is 13.9. The lowest BCUT2D eigenvalue weighted by molar-refractivity contribution is -0.127. The summed E-state index contributed by atoms with van der Waals surface area (Å²) in [6.07, 6.45) is 1.94. The van der Waals surface area contributed by atoms with Gasteiger partial charge in [-0.3, -0.25) is 19.4 Å². The zero-order valence-electron chi connectivity index (χ0n) is 18.9. The number of para-hydroxylation sites is 2. The quantitative estimate of drug-likeness (QED) is 0.562. The van der Waals surface area contributed by atoms with Crippen molar-refractivity contribution in [2.45, 2.75) is 13.0 Å². The highest BCUT2D eigenvalue weighted by Crippen LogP contribution is 2.34. The SMILES string of the molecule is COc1ccc(N2C(=O)CN(c3ccccc3OC)C(=O)[C@@H]2/C(C)=C/c2ccccc2)cc1. The lowest BCUT2D eigenvalue weighted by Crippen LogP contribution is -2.61. The summed E-state index contributed by atoms with van der Waals surface area (Å²) >= 11 is 0. The summed E-state index contributed by atoms with van der Waals surface area (Å²) < 4.78 is 10.7. The number of benzene rings is 3. The molecule has 0 aromatic heterocycles. The number of amides is 2. The van der Waals surface area contributed by atoms with E-state index in [9.17, 15) is 9.59 Å². The van der Waals surface area contributed by atoms with Gasteiger partial charge in [-0.1, -0.05) is 48.5 Å². The molecule has 1 atom stereocenters. The highest BCUT2D eigenvalue weighted by atomic mass is 16.5. The molecule has 0 radical (unpaired) electrons. The summed E-state index contributed by atoms with van der Waals surface area (Å²) in [7, 11) is 3.14. The molecule has 168 valence electrons.